The number of rotatable bonds is 0. The number of aliphatic hydroxyl groups is 2. The molecule has 5 aliphatic rings. The highest BCUT2D eigenvalue weighted by Crippen LogP contribution is 2.70. The Kier molecular flexibility index (Phi) is 5.19. The van der Waals surface area contributed by atoms with Gasteiger partial charge in [-0.25, -0.2) is 0 Å². The van der Waals surface area contributed by atoms with Crippen molar-refractivity contribution in [1.82, 2.24) is 0 Å². The summed E-state index contributed by atoms with van der Waals surface area (Å²) in [5, 5.41) is 21.7. The molecule has 4 saturated carbocycles. The first-order valence-electron chi connectivity index (χ1n) is 13.8. The fourth-order valence-electron chi connectivity index (χ4n) is 10.9. The van der Waals surface area contributed by atoms with Gasteiger partial charge >= 0.3 is 0 Å². The van der Waals surface area contributed by atoms with E-state index >= 15 is 0 Å². The predicted octanol–water partition coefficient (Wildman–Crippen LogP) is 7.14. The standard InChI is InChI=1S/C30H50O2/c1-26(2)21-10-8-19-18-28(5)15-12-22-27(3,4)25(32)14-17-30(22,7)23(28)11-9-20(19)29(21,6)16-13-24(26)31/h8,20-25,31-32H,9-18H2,1-7H3/t20-,21+,22-,23-,24-,25-,28-,29+,30-/m0/s1. The highest BCUT2D eigenvalue weighted by atomic mass is 16.3. The Morgan fingerprint density at radius 3 is 1.91 bits per heavy atom. The van der Waals surface area contributed by atoms with Gasteiger partial charge in [-0.3, -0.25) is 0 Å². The lowest BCUT2D eigenvalue weighted by molar-refractivity contribution is -0.170. The molecule has 0 aromatic heterocycles. The maximum Gasteiger partial charge on any atom is 0.0594 e. The quantitative estimate of drug-likeness (QED) is 0.391. The molecule has 182 valence electrons. The summed E-state index contributed by atoms with van der Waals surface area (Å²) in [7, 11) is 0. The van der Waals surface area contributed by atoms with E-state index in [1.807, 2.05) is 0 Å². The molecule has 0 bridgehead atoms. The molecule has 0 unspecified atom stereocenters. The molecule has 0 spiro atoms. The summed E-state index contributed by atoms with van der Waals surface area (Å²) in [6.07, 6.45) is 14.4. The van der Waals surface area contributed by atoms with Crippen molar-refractivity contribution in [2.24, 2.45) is 50.7 Å². The van der Waals surface area contributed by atoms with Crippen molar-refractivity contribution in [3.8, 4) is 0 Å². The molecule has 32 heavy (non-hydrogen) atoms. The molecule has 0 aliphatic heterocycles. The molecule has 2 heteroatoms. The number of allylic oxidation sites excluding steroid dienone is 2. The largest absolute Gasteiger partial charge is 0.393 e. The van der Waals surface area contributed by atoms with E-state index in [9.17, 15) is 10.2 Å². The third-order valence-electron chi connectivity index (χ3n) is 12.9. The number of aliphatic hydroxyl groups excluding tert-OH is 2. The maximum atomic E-state index is 10.9. The first-order chi connectivity index (χ1) is 14.8. The van der Waals surface area contributed by atoms with E-state index in [-0.39, 0.29) is 23.0 Å². The normalized spacial score (nSPS) is 54.2. The Bertz CT molecular complexity index is 795. The summed E-state index contributed by atoms with van der Waals surface area (Å²) in [5.74, 6) is 2.68. The van der Waals surface area contributed by atoms with Crippen LogP contribution < -0.4 is 0 Å². The zero-order valence-electron chi connectivity index (χ0n) is 22.0. The van der Waals surface area contributed by atoms with Gasteiger partial charge < -0.3 is 10.2 Å². The van der Waals surface area contributed by atoms with Gasteiger partial charge in [0, 0.05) is 0 Å². The molecule has 0 aromatic rings. The summed E-state index contributed by atoms with van der Waals surface area (Å²) in [6, 6.07) is 0. The van der Waals surface area contributed by atoms with Gasteiger partial charge in [0.25, 0.3) is 0 Å². The lowest BCUT2D eigenvalue weighted by atomic mass is 9.42. The second-order valence-electron chi connectivity index (χ2n) is 14.9. The third-order valence-corrected chi connectivity index (χ3v) is 12.9. The topological polar surface area (TPSA) is 40.5 Å². The summed E-state index contributed by atoms with van der Waals surface area (Å²) >= 11 is 0. The molecule has 0 amide bonds. The van der Waals surface area contributed by atoms with Crippen LogP contribution in [0.4, 0.5) is 0 Å². The van der Waals surface area contributed by atoms with E-state index in [0.717, 1.165) is 25.2 Å². The Hall–Kier alpha value is -0.340. The Morgan fingerprint density at radius 1 is 0.656 bits per heavy atom. The van der Waals surface area contributed by atoms with E-state index in [1.165, 1.54) is 44.9 Å². The Labute approximate surface area is 197 Å². The summed E-state index contributed by atoms with van der Waals surface area (Å²) in [5.41, 5.74) is 2.91. The van der Waals surface area contributed by atoms with Crippen LogP contribution in [0, 0.1) is 50.7 Å². The fraction of sp³-hybridized carbons (Fsp3) is 0.933. The van der Waals surface area contributed by atoms with Gasteiger partial charge in [-0.05, 0) is 115 Å². The summed E-state index contributed by atoms with van der Waals surface area (Å²) in [6.45, 7) is 17.2. The summed E-state index contributed by atoms with van der Waals surface area (Å²) in [4.78, 5) is 0. The van der Waals surface area contributed by atoms with Crippen LogP contribution in [-0.2, 0) is 0 Å². The zero-order valence-corrected chi connectivity index (χ0v) is 22.0. The molecule has 2 N–H and O–H groups in total. The second kappa shape index (κ2) is 7.09. The van der Waals surface area contributed by atoms with Crippen LogP contribution in [0.1, 0.15) is 113 Å². The maximum absolute atomic E-state index is 10.9. The lowest BCUT2D eigenvalue weighted by Crippen LogP contribution is -2.58. The van der Waals surface area contributed by atoms with Crippen molar-refractivity contribution in [3.05, 3.63) is 11.6 Å². The molecule has 0 saturated heterocycles. The van der Waals surface area contributed by atoms with Crippen molar-refractivity contribution in [3.63, 3.8) is 0 Å². The summed E-state index contributed by atoms with van der Waals surface area (Å²) < 4.78 is 0. The molecule has 0 aromatic carbocycles. The minimum atomic E-state index is -0.156. The Morgan fingerprint density at radius 2 is 1.25 bits per heavy atom. The van der Waals surface area contributed by atoms with E-state index in [0.29, 0.717) is 34.0 Å². The van der Waals surface area contributed by atoms with Crippen LogP contribution in [-0.4, -0.2) is 22.4 Å². The minimum Gasteiger partial charge on any atom is -0.393 e. The van der Waals surface area contributed by atoms with Crippen molar-refractivity contribution in [2.75, 3.05) is 0 Å². The molecule has 9 atom stereocenters. The van der Waals surface area contributed by atoms with Gasteiger partial charge in [0.2, 0.25) is 0 Å². The number of hydrogen-bond donors (Lipinski definition) is 2. The number of fused-ring (bicyclic) bond motifs is 6. The second-order valence-corrected chi connectivity index (χ2v) is 14.9. The van der Waals surface area contributed by atoms with Gasteiger partial charge in [-0.2, -0.15) is 0 Å². The van der Waals surface area contributed by atoms with Crippen LogP contribution in [0.5, 0.6) is 0 Å². The van der Waals surface area contributed by atoms with Crippen LogP contribution in [0.3, 0.4) is 0 Å². The molecule has 2 nitrogen and oxygen atoms in total. The van der Waals surface area contributed by atoms with Crippen molar-refractivity contribution >= 4 is 0 Å². The first kappa shape index (κ1) is 23.4. The van der Waals surface area contributed by atoms with Crippen LogP contribution in [0.25, 0.3) is 0 Å². The van der Waals surface area contributed by atoms with E-state index in [4.69, 9.17) is 0 Å². The average Bonchev–Trinajstić information content (AvgIpc) is 2.86. The highest BCUT2D eigenvalue weighted by molar-refractivity contribution is 5.25. The SMILES string of the molecule is CC1(C)[C@H]2CC=C3C[C@]4(C)CC[C@H]5C(C)(C)[C@@H](O)CC[C@]5(C)[C@H]4CC[C@@H]3[C@@]2(C)CC[C@@H]1O. The van der Waals surface area contributed by atoms with Gasteiger partial charge in [0.05, 0.1) is 12.2 Å². The predicted molar refractivity (Wildman–Crippen MR) is 132 cm³/mol. The van der Waals surface area contributed by atoms with E-state index < -0.39 is 0 Å². The smallest absolute Gasteiger partial charge is 0.0594 e. The van der Waals surface area contributed by atoms with Crippen LogP contribution >= 0.6 is 0 Å². The monoisotopic (exact) mass is 442 g/mol. The van der Waals surface area contributed by atoms with Gasteiger partial charge in [-0.15, -0.1) is 0 Å². The fourth-order valence-corrected chi connectivity index (χ4v) is 10.9. The lowest BCUT2D eigenvalue weighted by Gasteiger charge is -2.63. The number of hydrogen-bond acceptors (Lipinski definition) is 2. The van der Waals surface area contributed by atoms with Crippen molar-refractivity contribution in [2.45, 2.75) is 125 Å². The minimum absolute atomic E-state index is 0.0125. The average molecular weight is 443 g/mol. The van der Waals surface area contributed by atoms with Gasteiger partial charge in [0.15, 0.2) is 0 Å². The highest BCUT2D eigenvalue weighted by Gasteiger charge is 2.63. The van der Waals surface area contributed by atoms with Crippen LogP contribution in [0.2, 0.25) is 0 Å². The molecule has 5 rings (SSSR count). The molecule has 4 fully saturated rings. The molecular weight excluding hydrogens is 392 g/mol. The molecule has 5 aliphatic carbocycles. The molecule has 0 heterocycles. The molecular formula is C30H50O2. The Balaban J connectivity index is 1.50. The third kappa shape index (κ3) is 2.96. The zero-order chi connectivity index (χ0) is 23.3. The van der Waals surface area contributed by atoms with Crippen molar-refractivity contribution < 1.29 is 10.2 Å². The van der Waals surface area contributed by atoms with Crippen molar-refractivity contribution in [1.29, 1.82) is 0 Å². The van der Waals surface area contributed by atoms with Crippen LogP contribution in [0.15, 0.2) is 11.6 Å². The van der Waals surface area contributed by atoms with Gasteiger partial charge in [0.1, 0.15) is 0 Å². The van der Waals surface area contributed by atoms with E-state index in [2.05, 4.69) is 54.5 Å². The van der Waals surface area contributed by atoms with Gasteiger partial charge in [-0.1, -0.05) is 60.1 Å². The molecule has 0 radical (unpaired) electrons. The first-order valence-corrected chi connectivity index (χ1v) is 13.8. The van der Waals surface area contributed by atoms with E-state index in [1.54, 1.807) is 5.57 Å².